The Morgan fingerprint density at radius 1 is 1.54 bits per heavy atom. The summed E-state index contributed by atoms with van der Waals surface area (Å²) in [4.78, 5) is 0. The molecule has 1 aromatic heterocycles. The lowest BCUT2D eigenvalue weighted by Crippen LogP contribution is -2.29. The third kappa shape index (κ3) is 1.88. The van der Waals surface area contributed by atoms with Gasteiger partial charge in [0.05, 0.1) is 11.7 Å². The quantitative estimate of drug-likeness (QED) is 0.731. The van der Waals surface area contributed by atoms with Gasteiger partial charge in [-0.05, 0) is 32.4 Å². The molecule has 1 fully saturated rings. The van der Waals surface area contributed by atoms with Gasteiger partial charge < -0.3 is 5.32 Å². The maximum atomic E-state index is 4.15. The first-order valence-electron chi connectivity index (χ1n) is 5.01. The summed E-state index contributed by atoms with van der Waals surface area (Å²) in [5.74, 6) is 0. The van der Waals surface area contributed by atoms with Crippen LogP contribution in [0.2, 0.25) is 0 Å². The molecule has 13 heavy (non-hydrogen) atoms. The Morgan fingerprint density at radius 2 is 2.31 bits per heavy atom. The first-order valence-corrected chi connectivity index (χ1v) is 5.01. The Bertz CT molecular complexity index is 262. The van der Waals surface area contributed by atoms with Crippen LogP contribution in [0.25, 0.3) is 0 Å². The van der Waals surface area contributed by atoms with Crippen LogP contribution in [0.5, 0.6) is 0 Å². The van der Waals surface area contributed by atoms with E-state index in [-0.39, 0.29) is 0 Å². The Labute approximate surface area is 78.3 Å². The molecule has 2 heterocycles. The SMILES string of the molecule is CCc1cn(C2CCNCC2)nn1. The molecule has 0 spiro atoms. The molecule has 0 atom stereocenters. The minimum atomic E-state index is 0.564. The third-order valence-electron chi connectivity index (χ3n) is 2.60. The number of aromatic nitrogens is 3. The van der Waals surface area contributed by atoms with Crippen molar-refractivity contribution in [3.8, 4) is 0 Å². The van der Waals surface area contributed by atoms with Gasteiger partial charge in [-0.3, -0.25) is 0 Å². The number of hydrogen-bond acceptors (Lipinski definition) is 3. The monoisotopic (exact) mass is 180 g/mol. The molecule has 4 nitrogen and oxygen atoms in total. The van der Waals surface area contributed by atoms with E-state index >= 15 is 0 Å². The van der Waals surface area contributed by atoms with Crippen molar-refractivity contribution in [2.45, 2.75) is 32.2 Å². The van der Waals surface area contributed by atoms with Crippen LogP contribution in [0.1, 0.15) is 31.5 Å². The average Bonchev–Trinajstić information content (AvgIpc) is 2.67. The lowest BCUT2D eigenvalue weighted by Gasteiger charge is -2.22. The van der Waals surface area contributed by atoms with Gasteiger partial charge >= 0.3 is 0 Å². The maximum absolute atomic E-state index is 4.15. The predicted molar refractivity (Wildman–Crippen MR) is 50.5 cm³/mol. The molecule has 0 aliphatic carbocycles. The minimum Gasteiger partial charge on any atom is -0.317 e. The second-order valence-electron chi connectivity index (χ2n) is 3.52. The number of aryl methyl sites for hydroxylation is 1. The van der Waals surface area contributed by atoms with E-state index in [2.05, 4.69) is 28.7 Å². The van der Waals surface area contributed by atoms with Gasteiger partial charge in [0, 0.05) is 6.20 Å². The first kappa shape index (κ1) is 8.69. The van der Waals surface area contributed by atoms with E-state index in [1.807, 2.05) is 4.68 Å². The van der Waals surface area contributed by atoms with Crippen LogP contribution >= 0.6 is 0 Å². The summed E-state index contributed by atoms with van der Waals surface area (Å²) in [6.07, 6.45) is 5.40. The fourth-order valence-electron chi connectivity index (χ4n) is 1.73. The van der Waals surface area contributed by atoms with Crippen molar-refractivity contribution >= 4 is 0 Å². The van der Waals surface area contributed by atoms with Gasteiger partial charge in [0.1, 0.15) is 0 Å². The van der Waals surface area contributed by atoms with Crippen molar-refractivity contribution in [1.29, 1.82) is 0 Å². The summed E-state index contributed by atoms with van der Waals surface area (Å²) >= 11 is 0. The average molecular weight is 180 g/mol. The van der Waals surface area contributed by atoms with Crippen molar-refractivity contribution in [2.75, 3.05) is 13.1 Å². The van der Waals surface area contributed by atoms with Crippen LogP contribution < -0.4 is 5.32 Å². The van der Waals surface area contributed by atoms with Crippen molar-refractivity contribution in [1.82, 2.24) is 20.3 Å². The highest BCUT2D eigenvalue weighted by atomic mass is 15.4. The number of piperidine rings is 1. The van der Waals surface area contributed by atoms with E-state index in [1.165, 1.54) is 12.8 Å². The van der Waals surface area contributed by atoms with Gasteiger partial charge in [-0.15, -0.1) is 5.10 Å². The van der Waals surface area contributed by atoms with Crippen molar-refractivity contribution in [2.24, 2.45) is 0 Å². The highest BCUT2D eigenvalue weighted by Crippen LogP contribution is 2.16. The molecule has 1 saturated heterocycles. The Kier molecular flexibility index (Phi) is 2.59. The standard InChI is InChI=1S/C9H16N4/c1-2-8-7-13(12-11-8)9-3-5-10-6-4-9/h7,9-10H,2-6H2,1H3. The maximum Gasteiger partial charge on any atom is 0.0824 e. The highest BCUT2D eigenvalue weighted by molar-refractivity contribution is 4.92. The van der Waals surface area contributed by atoms with Crippen molar-refractivity contribution in [3.63, 3.8) is 0 Å². The lowest BCUT2D eigenvalue weighted by molar-refractivity contribution is 0.337. The topological polar surface area (TPSA) is 42.7 Å². The molecule has 0 radical (unpaired) electrons. The van der Waals surface area contributed by atoms with E-state index in [0.717, 1.165) is 25.2 Å². The number of hydrogen-bond donors (Lipinski definition) is 1. The van der Waals surface area contributed by atoms with Crippen LogP contribution in [-0.2, 0) is 6.42 Å². The van der Waals surface area contributed by atoms with Gasteiger partial charge in [-0.25, -0.2) is 4.68 Å². The molecular formula is C9H16N4. The molecule has 4 heteroatoms. The molecule has 0 saturated carbocycles. The minimum absolute atomic E-state index is 0.564. The van der Waals surface area contributed by atoms with Gasteiger partial charge in [-0.2, -0.15) is 0 Å². The van der Waals surface area contributed by atoms with Crippen LogP contribution in [0, 0.1) is 0 Å². The smallest absolute Gasteiger partial charge is 0.0824 e. The molecule has 1 aliphatic rings. The Morgan fingerprint density at radius 3 is 2.92 bits per heavy atom. The summed E-state index contributed by atoms with van der Waals surface area (Å²) in [5, 5.41) is 11.6. The second-order valence-corrected chi connectivity index (χ2v) is 3.52. The van der Waals surface area contributed by atoms with Crippen LogP contribution in [-0.4, -0.2) is 28.1 Å². The summed E-state index contributed by atoms with van der Waals surface area (Å²) in [6, 6.07) is 0.564. The molecular weight excluding hydrogens is 164 g/mol. The van der Waals surface area contributed by atoms with Crippen molar-refractivity contribution < 1.29 is 0 Å². The first-order chi connectivity index (χ1) is 6.40. The summed E-state index contributed by atoms with van der Waals surface area (Å²) < 4.78 is 2.03. The van der Waals surface area contributed by atoms with Crippen molar-refractivity contribution in [3.05, 3.63) is 11.9 Å². The molecule has 2 rings (SSSR count). The van der Waals surface area contributed by atoms with Crippen LogP contribution in [0.3, 0.4) is 0 Å². The van der Waals surface area contributed by atoms with E-state index in [0.29, 0.717) is 6.04 Å². The van der Waals surface area contributed by atoms with Gasteiger partial charge in [0.2, 0.25) is 0 Å². The molecule has 0 bridgehead atoms. The van der Waals surface area contributed by atoms with E-state index in [9.17, 15) is 0 Å². The molecule has 0 amide bonds. The third-order valence-corrected chi connectivity index (χ3v) is 2.60. The summed E-state index contributed by atoms with van der Waals surface area (Å²) in [7, 11) is 0. The summed E-state index contributed by atoms with van der Waals surface area (Å²) in [5.41, 5.74) is 1.10. The summed E-state index contributed by atoms with van der Waals surface area (Å²) in [6.45, 7) is 4.31. The fraction of sp³-hybridized carbons (Fsp3) is 0.778. The molecule has 1 N–H and O–H groups in total. The van der Waals surface area contributed by atoms with Gasteiger partial charge in [-0.1, -0.05) is 12.1 Å². The van der Waals surface area contributed by atoms with Gasteiger partial charge in [0.15, 0.2) is 0 Å². The normalized spacial score (nSPS) is 19.2. The Balaban J connectivity index is 2.05. The number of rotatable bonds is 2. The van der Waals surface area contributed by atoms with E-state index < -0.39 is 0 Å². The van der Waals surface area contributed by atoms with E-state index in [4.69, 9.17) is 0 Å². The lowest BCUT2D eigenvalue weighted by atomic mass is 10.1. The van der Waals surface area contributed by atoms with Crippen LogP contribution in [0.15, 0.2) is 6.20 Å². The molecule has 1 aromatic rings. The molecule has 0 aromatic carbocycles. The fourth-order valence-corrected chi connectivity index (χ4v) is 1.73. The van der Waals surface area contributed by atoms with Gasteiger partial charge in [0.25, 0.3) is 0 Å². The molecule has 1 aliphatic heterocycles. The number of nitrogens with zero attached hydrogens (tertiary/aromatic N) is 3. The number of nitrogens with one attached hydrogen (secondary N) is 1. The zero-order valence-electron chi connectivity index (χ0n) is 8.03. The highest BCUT2D eigenvalue weighted by Gasteiger charge is 2.15. The van der Waals surface area contributed by atoms with E-state index in [1.54, 1.807) is 0 Å². The zero-order chi connectivity index (χ0) is 9.10. The second kappa shape index (κ2) is 3.87. The molecule has 0 unspecified atom stereocenters. The predicted octanol–water partition coefficient (Wildman–Crippen LogP) is 0.765. The van der Waals surface area contributed by atoms with Crippen LogP contribution in [0.4, 0.5) is 0 Å². The molecule has 72 valence electrons. The zero-order valence-corrected chi connectivity index (χ0v) is 8.03. The largest absolute Gasteiger partial charge is 0.317 e. The Hall–Kier alpha value is -0.900.